The molecular formula is C16H13ClN2O. The molecule has 0 spiro atoms. The highest BCUT2D eigenvalue weighted by molar-refractivity contribution is 6.30. The molecule has 1 amide bonds. The van der Waals surface area contributed by atoms with Crippen molar-refractivity contribution in [3.05, 3.63) is 70.2 Å². The molecule has 1 atom stereocenters. The van der Waals surface area contributed by atoms with Crippen LogP contribution >= 0.6 is 11.6 Å². The minimum Gasteiger partial charge on any atom is -0.346 e. The highest BCUT2D eigenvalue weighted by atomic mass is 35.5. The predicted octanol–water partition coefficient (Wildman–Crippen LogP) is 3.70. The van der Waals surface area contributed by atoms with Crippen molar-refractivity contribution in [1.29, 1.82) is 5.26 Å². The molecule has 0 aliphatic rings. The zero-order valence-electron chi connectivity index (χ0n) is 10.9. The van der Waals surface area contributed by atoms with Gasteiger partial charge in [0.1, 0.15) is 0 Å². The van der Waals surface area contributed by atoms with Crippen LogP contribution in [0.2, 0.25) is 5.02 Å². The first-order chi connectivity index (χ1) is 9.60. The van der Waals surface area contributed by atoms with Gasteiger partial charge in [-0.2, -0.15) is 5.26 Å². The predicted molar refractivity (Wildman–Crippen MR) is 78.5 cm³/mol. The fourth-order valence-electron chi connectivity index (χ4n) is 1.84. The Bertz CT molecular complexity index is 659. The Hall–Kier alpha value is -2.31. The van der Waals surface area contributed by atoms with Gasteiger partial charge in [-0.3, -0.25) is 4.79 Å². The van der Waals surface area contributed by atoms with E-state index in [0.29, 0.717) is 16.1 Å². The number of rotatable bonds is 3. The quantitative estimate of drug-likeness (QED) is 0.934. The van der Waals surface area contributed by atoms with E-state index in [4.69, 9.17) is 16.9 Å². The number of hydrogen-bond acceptors (Lipinski definition) is 2. The van der Waals surface area contributed by atoms with Crippen molar-refractivity contribution in [1.82, 2.24) is 5.32 Å². The molecule has 1 N–H and O–H groups in total. The molecule has 0 radical (unpaired) electrons. The maximum absolute atomic E-state index is 12.1. The zero-order chi connectivity index (χ0) is 14.5. The summed E-state index contributed by atoms with van der Waals surface area (Å²) in [5.74, 6) is -0.204. The van der Waals surface area contributed by atoms with Crippen molar-refractivity contribution in [3.63, 3.8) is 0 Å². The molecule has 0 aliphatic heterocycles. The van der Waals surface area contributed by atoms with Crippen LogP contribution in [-0.2, 0) is 0 Å². The first kappa shape index (κ1) is 14.1. The average molecular weight is 285 g/mol. The Morgan fingerprint density at radius 1 is 1.25 bits per heavy atom. The van der Waals surface area contributed by atoms with Crippen molar-refractivity contribution in [2.75, 3.05) is 0 Å². The molecule has 0 fully saturated rings. The molecule has 2 rings (SSSR count). The smallest absolute Gasteiger partial charge is 0.251 e. The third-order valence-corrected chi connectivity index (χ3v) is 3.22. The van der Waals surface area contributed by atoms with Gasteiger partial charge in [-0.25, -0.2) is 0 Å². The summed E-state index contributed by atoms with van der Waals surface area (Å²) in [4.78, 5) is 12.1. The van der Waals surface area contributed by atoms with E-state index >= 15 is 0 Å². The molecular weight excluding hydrogens is 272 g/mol. The van der Waals surface area contributed by atoms with E-state index in [0.717, 1.165) is 5.56 Å². The van der Waals surface area contributed by atoms with Gasteiger partial charge < -0.3 is 5.32 Å². The number of carbonyl (C=O) groups excluding carboxylic acids is 1. The Morgan fingerprint density at radius 2 is 1.95 bits per heavy atom. The number of halogens is 1. The van der Waals surface area contributed by atoms with Gasteiger partial charge in [0, 0.05) is 10.6 Å². The van der Waals surface area contributed by atoms with Crippen LogP contribution in [0.4, 0.5) is 0 Å². The van der Waals surface area contributed by atoms with Crippen LogP contribution in [0.1, 0.15) is 34.5 Å². The highest BCUT2D eigenvalue weighted by Gasteiger charge is 2.11. The minimum absolute atomic E-state index is 0.134. The summed E-state index contributed by atoms with van der Waals surface area (Å²) in [6, 6.07) is 15.8. The van der Waals surface area contributed by atoms with Gasteiger partial charge in [-0.15, -0.1) is 0 Å². The van der Waals surface area contributed by atoms with Gasteiger partial charge >= 0.3 is 0 Å². The fourth-order valence-corrected chi connectivity index (χ4v) is 1.97. The average Bonchev–Trinajstić information content (AvgIpc) is 2.47. The maximum atomic E-state index is 12.1. The Morgan fingerprint density at radius 3 is 2.60 bits per heavy atom. The summed E-state index contributed by atoms with van der Waals surface area (Å²) in [6.45, 7) is 1.90. The number of nitrogens with zero attached hydrogens (tertiary/aromatic N) is 1. The third kappa shape index (κ3) is 3.37. The van der Waals surface area contributed by atoms with E-state index in [9.17, 15) is 4.79 Å². The summed E-state index contributed by atoms with van der Waals surface area (Å²) in [6.07, 6.45) is 0. The molecule has 2 aromatic rings. The van der Waals surface area contributed by atoms with Gasteiger partial charge in [0.25, 0.3) is 5.91 Å². The molecule has 0 heterocycles. The van der Waals surface area contributed by atoms with E-state index < -0.39 is 0 Å². The second-order valence-electron chi connectivity index (χ2n) is 4.44. The van der Waals surface area contributed by atoms with E-state index in [1.165, 1.54) is 0 Å². The molecule has 4 heteroatoms. The lowest BCUT2D eigenvalue weighted by Crippen LogP contribution is -2.26. The molecule has 0 aliphatic carbocycles. The van der Waals surface area contributed by atoms with Gasteiger partial charge in [-0.05, 0) is 42.8 Å². The van der Waals surface area contributed by atoms with Gasteiger partial charge in [-0.1, -0.05) is 29.8 Å². The minimum atomic E-state index is -0.204. The molecule has 100 valence electrons. The number of nitriles is 1. The first-order valence-corrected chi connectivity index (χ1v) is 6.54. The van der Waals surface area contributed by atoms with Crippen LogP contribution in [-0.4, -0.2) is 5.91 Å². The van der Waals surface area contributed by atoms with Crippen LogP contribution < -0.4 is 5.32 Å². The highest BCUT2D eigenvalue weighted by Crippen LogP contribution is 2.16. The largest absolute Gasteiger partial charge is 0.346 e. The van der Waals surface area contributed by atoms with Crippen LogP contribution in [0.3, 0.4) is 0 Å². The summed E-state index contributed by atoms with van der Waals surface area (Å²) in [7, 11) is 0. The number of carbonyl (C=O) groups is 1. The molecule has 0 saturated carbocycles. The number of amides is 1. The summed E-state index contributed by atoms with van der Waals surface area (Å²) in [5, 5.41) is 12.4. The molecule has 0 saturated heterocycles. The van der Waals surface area contributed by atoms with Crippen LogP contribution in [0.15, 0.2) is 48.5 Å². The van der Waals surface area contributed by atoms with Crippen molar-refractivity contribution in [2.24, 2.45) is 0 Å². The SMILES string of the molecule is C[C@H](NC(=O)c1cccc(C#N)c1)c1ccc(Cl)cc1. The van der Waals surface area contributed by atoms with E-state index in [-0.39, 0.29) is 11.9 Å². The molecule has 20 heavy (non-hydrogen) atoms. The normalized spacial score (nSPS) is 11.4. The molecule has 0 bridgehead atoms. The van der Waals surface area contributed by atoms with Crippen LogP contribution in [0, 0.1) is 11.3 Å². The van der Waals surface area contributed by atoms with Crippen molar-refractivity contribution in [3.8, 4) is 6.07 Å². The van der Waals surface area contributed by atoms with E-state index in [2.05, 4.69) is 5.32 Å². The second kappa shape index (κ2) is 6.23. The first-order valence-electron chi connectivity index (χ1n) is 6.16. The molecule has 0 unspecified atom stereocenters. The summed E-state index contributed by atoms with van der Waals surface area (Å²) in [5.41, 5.74) is 1.92. The van der Waals surface area contributed by atoms with Crippen molar-refractivity contribution >= 4 is 17.5 Å². The van der Waals surface area contributed by atoms with E-state index in [1.54, 1.807) is 36.4 Å². The monoisotopic (exact) mass is 284 g/mol. The summed E-state index contributed by atoms with van der Waals surface area (Å²) < 4.78 is 0. The van der Waals surface area contributed by atoms with Crippen molar-refractivity contribution in [2.45, 2.75) is 13.0 Å². The number of benzene rings is 2. The zero-order valence-corrected chi connectivity index (χ0v) is 11.7. The van der Waals surface area contributed by atoms with Crippen molar-refractivity contribution < 1.29 is 4.79 Å². The molecule has 0 aromatic heterocycles. The topological polar surface area (TPSA) is 52.9 Å². The van der Waals surface area contributed by atoms with Gasteiger partial charge in [0.2, 0.25) is 0 Å². The summed E-state index contributed by atoms with van der Waals surface area (Å²) >= 11 is 5.83. The molecule has 3 nitrogen and oxygen atoms in total. The van der Waals surface area contributed by atoms with Gasteiger partial charge in [0.05, 0.1) is 17.7 Å². The third-order valence-electron chi connectivity index (χ3n) is 2.97. The standard InChI is InChI=1S/C16H13ClN2O/c1-11(13-5-7-15(17)8-6-13)19-16(20)14-4-2-3-12(9-14)10-18/h2-9,11H,1H3,(H,19,20)/t11-/m0/s1. The lowest BCUT2D eigenvalue weighted by molar-refractivity contribution is 0.0940. The lowest BCUT2D eigenvalue weighted by atomic mass is 10.1. The van der Waals surface area contributed by atoms with Gasteiger partial charge in [0.15, 0.2) is 0 Å². The molecule has 2 aromatic carbocycles. The number of hydrogen-bond donors (Lipinski definition) is 1. The Labute approximate surface area is 122 Å². The number of nitrogens with one attached hydrogen (secondary N) is 1. The Balaban J connectivity index is 2.11. The lowest BCUT2D eigenvalue weighted by Gasteiger charge is -2.14. The Kier molecular flexibility index (Phi) is 4.39. The van der Waals surface area contributed by atoms with Crippen LogP contribution in [0.5, 0.6) is 0 Å². The second-order valence-corrected chi connectivity index (χ2v) is 4.88. The fraction of sp³-hybridized carbons (Fsp3) is 0.125. The maximum Gasteiger partial charge on any atom is 0.251 e. The van der Waals surface area contributed by atoms with E-state index in [1.807, 2.05) is 25.1 Å². The van der Waals surface area contributed by atoms with Crippen LogP contribution in [0.25, 0.3) is 0 Å².